The molecule has 5 rings (SSSR count). The van der Waals surface area contributed by atoms with Crippen LogP contribution in [0.4, 0.5) is 5.13 Å². The van der Waals surface area contributed by atoms with Crippen molar-refractivity contribution < 1.29 is 14.3 Å². The quantitative estimate of drug-likeness (QED) is 0.173. The number of nitrogens with one attached hydrogen (secondary N) is 1. The molecule has 5 aromatic rings. The SMILES string of the molecule is COc1ccc(-c2csc(NC(=O)CSc3nnc(-c4ccc(Cl)cc4)n3-c3ccc(C)c(Cl)c3)n2)cc1OC. The second-order valence-electron chi connectivity index (χ2n) is 8.53. The molecular weight excluding hydrogens is 589 g/mol. The first-order valence-corrected chi connectivity index (χ1v) is 14.6. The van der Waals surface area contributed by atoms with E-state index in [-0.39, 0.29) is 11.7 Å². The molecule has 1 amide bonds. The van der Waals surface area contributed by atoms with E-state index in [2.05, 4.69) is 20.5 Å². The Bertz CT molecular complexity index is 1670. The molecule has 2 heterocycles. The molecular formula is C28H23Cl2N5O3S2. The maximum Gasteiger partial charge on any atom is 0.236 e. The van der Waals surface area contributed by atoms with Crippen molar-refractivity contribution in [2.24, 2.45) is 0 Å². The average molecular weight is 613 g/mol. The monoisotopic (exact) mass is 611 g/mol. The number of aromatic nitrogens is 4. The zero-order valence-electron chi connectivity index (χ0n) is 21.6. The number of thioether (sulfide) groups is 1. The van der Waals surface area contributed by atoms with Crippen LogP contribution >= 0.6 is 46.3 Å². The molecule has 0 saturated carbocycles. The Labute approximate surface area is 249 Å². The van der Waals surface area contributed by atoms with Crippen molar-refractivity contribution >= 4 is 57.3 Å². The lowest BCUT2D eigenvalue weighted by Crippen LogP contribution is -2.14. The summed E-state index contributed by atoms with van der Waals surface area (Å²) in [6.45, 7) is 1.94. The normalized spacial score (nSPS) is 10.9. The van der Waals surface area contributed by atoms with Crippen LogP contribution in [0.25, 0.3) is 28.3 Å². The number of thiazole rings is 1. The van der Waals surface area contributed by atoms with Crippen molar-refractivity contribution in [3.63, 3.8) is 0 Å². The van der Waals surface area contributed by atoms with Gasteiger partial charge in [0, 0.05) is 26.6 Å². The third-order valence-corrected chi connectivity index (χ3v) is 8.26. The zero-order chi connectivity index (χ0) is 28.2. The lowest BCUT2D eigenvalue weighted by molar-refractivity contribution is -0.113. The van der Waals surface area contributed by atoms with Gasteiger partial charge in [-0.15, -0.1) is 21.5 Å². The molecule has 0 atom stereocenters. The highest BCUT2D eigenvalue weighted by Crippen LogP contribution is 2.34. The number of methoxy groups -OCH3 is 2. The predicted octanol–water partition coefficient (Wildman–Crippen LogP) is 7.42. The van der Waals surface area contributed by atoms with Gasteiger partial charge in [-0.25, -0.2) is 4.98 Å². The first-order chi connectivity index (χ1) is 19.4. The Kier molecular flexibility index (Phi) is 8.60. The third kappa shape index (κ3) is 6.10. The molecule has 0 saturated heterocycles. The standard InChI is InChI=1S/C28H23Cl2N5O3S2/c1-16-4-10-20(13-21(16)30)35-26(17-5-8-19(29)9-6-17)33-34-28(35)40-15-25(36)32-27-31-22(14-39-27)18-7-11-23(37-2)24(12-18)38-3/h4-14H,15H2,1-3H3,(H,31,32,36). The van der Waals surface area contributed by atoms with E-state index in [4.69, 9.17) is 32.7 Å². The Balaban J connectivity index is 1.34. The van der Waals surface area contributed by atoms with Crippen molar-refractivity contribution in [2.75, 3.05) is 25.3 Å². The van der Waals surface area contributed by atoms with Gasteiger partial charge < -0.3 is 14.8 Å². The number of nitrogens with zero attached hydrogens (tertiary/aromatic N) is 4. The molecule has 0 unspecified atom stereocenters. The highest BCUT2D eigenvalue weighted by molar-refractivity contribution is 7.99. The van der Waals surface area contributed by atoms with E-state index in [1.807, 2.05) is 65.4 Å². The molecule has 0 aliphatic carbocycles. The van der Waals surface area contributed by atoms with Gasteiger partial charge >= 0.3 is 0 Å². The number of rotatable bonds is 9. The summed E-state index contributed by atoms with van der Waals surface area (Å²) in [5.41, 5.74) is 4.14. The fourth-order valence-electron chi connectivity index (χ4n) is 3.85. The highest BCUT2D eigenvalue weighted by atomic mass is 35.5. The summed E-state index contributed by atoms with van der Waals surface area (Å²) in [4.78, 5) is 17.4. The van der Waals surface area contributed by atoms with Crippen LogP contribution in [0.2, 0.25) is 10.0 Å². The molecule has 0 fully saturated rings. The van der Waals surface area contributed by atoms with E-state index in [1.54, 1.807) is 26.4 Å². The van der Waals surface area contributed by atoms with Crippen LogP contribution in [0.5, 0.6) is 11.5 Å². The summed E-state index contributed by atoms with van der Waals surface area (Å²) in [6.07, 6.45) is 0. The van der Waals surface area contributed by atoms with E-state index >= 15 is 0 Å². The van der Waals surface area contributed by atoms with E-state index in [0.717, 1.165) is 28.1 Å². The van der Waals surface area contributed by atoms with Gasteiger partial charge in [0.05, 0.1) is 31.4 Å². The molecule has 12 heteroatoms. The van der Waals surface area contributed by atoms with Gasteiger partial charge in [-0.2, -0.15) is 0 Å². The Hall–Kier alpha value is -3.57. The topological polar surface area (TPSA) is 91.2 Å². The molecule has 0 spiro atoms. The number of hydrogen-bond donors (Lipinski definition) is 1. The first-order valence-electron chi connectivity index (χ1n) is 11.9. The maximum absolute atomic E-state index is 12.9. The van der Waals surface area contributed by atoms with E-state index in [0.29, 0.717) is 37.7 Å². The number of carbonyl (C=O) groups excluding carboxylic acids is 1. The van der Waals surface area contributed by atoms with Crippen LogP contribution in [0, 0.1) is 6.92 Å². The van der Waals surface area contributed by atoms with Gasteiger partial charge in [-0.3, -0.25) is 9.36 Å². The fourth-order valence-corrected chi connectivity index (χ4v) is 5.64. The molecule has 1 N–H and O–H groups in total. The summed E-state index contributed by atoms with van der Waals surface area (Å²) >= 11 is 15.1. The Morgan fingerprint density at radius 2 is 1.73 bits per heavy atom. The highest BCUT2D eigenvalue weighted by Gasteiger charge is 2.19. The van der Waals surface area contributed by atoms with Gasteiger partial charge in [-0.05, 0) is 67.1 Å². The molecule has 0 bridgehead atoms. The average Bonchev–Trinajstić information content (AvgIpc) is 3.61. The van der Waals surface area contributed by atoms with Crippen LogP contribution in [-0.4, -0.2) is 45.6 Å². The summed E-state index contributed by atoms with van der Waals surface area (Å²) in [5.74, 6) is 1.73. The van der Waals surface area contributed by atoms with Gasteiger partial charge in [0.25, 0.3) is 0 Å². The minimum absolute atomic E-state index is 0.101. The smallest absolute Gasteiger partial charge is 0.236 e. The molecule has 8 nitrogen and oxygen atoms in total. The Morgan fingerprint density at radius 3 is 2.45 bits per heavy atom. The van der Waals surface area contributed by atoms with Gasteiger partial charge in [0.2, 0.25) is 5.91 Å². The largest absolute Gasteiger partial charge is 0.493 e. The minimum Gasteiger partial charge on any atom is -0.493 e. The van der Waals surface area contributed by atoms with Crippen LogP contribution in [-0.2, 0) is 4.79 Å². The van der Waals surface area contributed by atoms with Gasteiger partial charge in [0.15, 0.2) is 27.6 Å². The van der Waals surface area contributed by atoms with Crippen LogP contribution < -0.4 is 14.8 Å². The van der Waals surface area contributed by atoms with E-state index in [9.17, 15) is 4.79 Å². The summed E-state index contributed by atoms with van der Waals surface area (Å²) in [6, 6.07) is 18.6. The predicted molar refractivity (Wildman–Crippen MR) is 162 cm³/mol. The second kappa shape index (κ2) is 12.3. The van der Waals surface area contributed by atoms with Gasteiger partial charge in [-0.1, -0.05) is 41.0 Å². The second-order valence-corrected chi connectivity index (χ2v) is 11.2. The molecule has 2 aromatic heterocycles. The van der Waals surface area contributed by atoms with Crippen molar-refractivity contribution in [1.29, 1.82) is 0 Å². The lowest BCUT2D eigenvalue weighted by Gasteiger charge is -2.12. The molecule has 0 aliphatic rings. The number of carbonyl (C=O) groups is 1. The molecule has 0 radical (unpaired) electrons. The number of ether oxygens (including phenoxy) is 2. The summed E-state index contributed by atoms with van der Waals surface area (Å²) in [7, 11) is 3.17. The number of anilines is 1. The van der Waals surface area contributed by atoms with Crippen molar-refractivity contribution in [2.45, 2.75) is 12.1 Å². The molecule has 3 aromatic carbocycles. The van der Waals surface area contributed by atoms with Crippen LogP contribution in [0.1, 0.15) is 5.56 Å². The number of aryl methyl sites for hydroxylation is 1. The molecule has 40 heavy (non-hydrogen) atoms. The number of amides is 1. The van der Waals surface area contributed by atoms with E-state index in [1.165, 1.54) is 23.1 Å². The van der Waals surface area contributed by atoms with E-state index < -0.39 is 0 Å². The van der Waals surface area contributed by atoms with Crippen molar-refractivity contribution in [1.82, 2.24) is 19.7 Å². The molecule has 0 aliphatic heterocycles. The minimum atomic E-state index is -0.220. The fraction of sp³-hybridized carbons (Fsp3) is 0.143. The first kappa shape index (κ1) is 28.0. The van der Waals surface area contributed by atoms with Crippen LogP contribution in [0.15, 0.2) is 71.2 Å². The maximum atomic E-state index is 12.9. The summed E-state index contributed by atoms with van der Waals surface area (Å²) in [5, 5.41) is 15.8. The lowest BCUT2D eigenvalue weighted by atomic mass is 10.1. The molecule has 204 valence electrons. The van der Waals surface area contributed by atoms with Crippen molar-refractivity contribution in [3.05, 3.63) is 81.7 Å². The Morgan fingerprint density at radius 1 is 0.975 bits per heavy atom. The van der Waals surface area contributed by atoms with Gasteiger partial charge in [0.1, 0.15) is 0 Å². The van der Waals surface area contributed by atoms with Crippen LogP contribution in [0.3, 0.4) is 0 Å². The third-order valence-electron chi connectivity index (χ3n) is 5.91. The van der Waals surface area contributed by atoms with Crippen molar-refractivity contribution in [3.8, 4) is 39.8 Å². The number of hydrogen-bond acceptors (Lipinski definition) is 8. The zero-order valence-corrected chi connectivity index (χ0v) is 24.8. The number of benzene rings is 3. The summed E-state index contributed by atoms with van der Waals surface area (Å²) < 4.78 is 12.6. The number of halogens is 2.